The lowest BCUT2D eigenvalue weighted by Crippen LogP contribution is -2.54. The van der Waals surface area contributed by atoms with Gasteiger partial charge >= 0.3 is 0 Å². The highest BCUT2D eigenvalue weighted by molar-refractivity contribution is 6.04. The third kappa shape index (κ3) is 3.20. The monoisotopic (exact) mass is 364 g/mol. The highest BCUT2D eigenvalue weighted by Crippen LogP contribution is 2.38. The number of carbonyl (C=O) groups excluding carboxylic acids is 2. The summed E-state index contributed by atoms with van der Waals surface area (Å²) in [5.74, 6) is 1.34. The Morgan fingerprint density at radius 2 is 1.89 bits per heavy atom. The fourth-order valence-corrected chi connectivity index (χ4v) is 4.16. The summed E-state index contributed by atoms with van der Waals surface area (Å²) >= 11 is 0. The van der Waals surface area contributed by atoms with E-state index in [2.05, 4.69) is 9.88 Å². The third-order valence-corrected chi connectivity index (χ3v) is 5.64. The fraction of sp³-hybridized carbons (Fsp3) is 0.429. The number of hydrogen-bond acceptors (Lipinski definition) is 5. The Kier molecular flexibility index (Phi) is 4.64. The van der Waals surface area contributed by atoms with E-state index in [0.29, 0.717) is 17.4 Å². The number of ketones is 1. The van der Waals surface area contributed by atoms with Gasteiger partial charge in [0.15, 0.2) is 11.6 Å². The molecule has 0 radical (unpaired) electrons. The lowest BCUT2D eigenvalue weighted by atomic mass is 10.1. The molecule has 1 aromatic carbocycles. The van der Waals surface area contributed by atoms with Crippen molar-refractivity contribution in [1.29, 1.82) is 0 Å². The molecule has 0 bridgehead atoms. The molecule has 2 aliphatic rings. The van der Waals surface area contributed by atoms with Crippen LogP contribution in [0.2, 0.25) is 0 Å². The van der Waals surface area contributed by atoms with Crippen LogP contribution in [-0.4, -0.2) is 40.8 Å². The first-order valence-electron chi connectivity index (χ1n) is 9.56. The number of rotatable bonds is 4. The Bertz CT molecular complexity index is 862. The Morgan fingerprint density at radius 3 is 2.59 bits per heavy atom. The zero-order valence-corrected chi connectivity index (χ0v) is 15.8. The molecule has 1 aliphatic heterocycles. The minimum absolute atomic E-state index is 0.00347. The summed E-state index contributed by atoms with van der Waals surface area (Å²) in [6.45, 7) is 1.94. The molecule has 27 heavy (non-hydrogen) atoms. The molecule has 1 saturated carbocycles. The minimum Gasteiger partial charge on any atom is -0.340 e. The fourth-order valence-electron chi connectivity index (χ4n) is 4.16. The Morgan fingerprint density at radius 1 is 1.19 bits per heavy atom. The molecular formula is C21H24N4O2. The molecule has 1 aliphatic carbocycles. The van der Waals surface area contributed by atoms with Crippen LogP contribution in [0.4, 0.5) is 11.5 Å². The Hall–Kier alpha value is -2.76. The number of carbonyl (C=O) groups is 2. The van der Waals surface area contributed by atoms with Crippen LogP contribution in [-0.2, 0) is 11.2 Å². The normalized spacial score (nSPS) is 20.1. The van der Waals surface area contributed by atoms with Crippen molar-refractivity contribution < 1.29 is 9.59 Å². The summed E-state index contributed by atoms with van der Waals surface area (Å²) in [4.78, 5) is 38.1. The van der Waals surface area contributed by atoms with Gasteiger partial charge in [-0.1, -0.05) is 43.2 Å². The van der Waals surface area contributed by atoms with Crippen molar-refractivity contribution in [3.05, 3.63) is 47.9 Å². The van der Waals surface area contributed by atoms with Crippen LogP contribution in [0.3, 0.4) is 0 Å². The molecule has 140 valence electrons. The van der Waals surface area contributed by atoms with E-state index >= 15 is 0 Å². The van der Waals surface area contributed by atoms with Crippen LogP contribution in [0.1, 0.15) is 48.8 Å². The minimum atomic E-state index is -0.252. The van der Waals surface area contributed by atoms with Crippen LogP contribution in [0.25, 0.3) is 0 Å². The molecule has 0 saturated heterocycles. The van der Waals surface area contributed by atoms with E-state index < -0.39 is 0 Å². The predicted octanol–water partition coefficient (Wildman–Crippen LogP) is 3.02. The molecule has 1 amide bonds. The van der Waals surface area contributed by atoms with Crippen molar-refractivity contribution in [2.75, 3.05) is 16.8 Å². The first-order valence-corrected chi connectivity index (χ1v) is 9.56. The van der Waals surface area contributed by atoms with Gasteiger partial charge < -0.3 is 9.80 Å². The SMILES string of the molecule is C[C@@H]1C(=O)N(C)c2cnc(CC(=O)c3ccccc3)nc2N1C1CCCC1. The van der Waals surface area contributed by atoms with E-state index in [1.807, 2.05) is 25.1 Å². The lowest BCUT2D eigenvalue weighted by molar-refractivity contribution is -0.119. The smallest absolute Gasteiger partial charge is 0.249 e. The van der Waals surface area contributed by atoms with Gasteiger partial charge in [-0.15, -0.1) is 0 Å². The molecule has 0 unspecified atom stereocenters. The number of aromatic nitrogens is 2. The molecule has 6 heteroatoms. The number of fused-ring (bicyclic) bond motifs is 1. The van der Waals surface area contributed by atoms with Gasteiger partial charge in [-0.25, -0.2) is 9.97 Å². The van der Waals surface area contributed by atoms with Gasteiger partial charge in [0.05, 0.1) is 12.6 Å². The molecule has 1 aromatic heterocycles. The topological polar surface area (TPSA) is 66.4 Å². The van der Waals surface area contributed by atoms with Gasteiger partial charge in [0.25, 0.3) is 0 Å². The van der Waals surface area contributed by atoms with E-state index in [1.54, 1.807) is 30.3 Å². The highest BCUT2D eigenvalue weighted by Gasteiger charge is 2.39. The second kappa shape index (κ2) is 7.10. The number of Topliss-reactive ketones (excluding diaryl/α,β-unsaturated/α-hetero) is 1. The maximum Gasteiger partial charge on any atom is 0.249 e. The zero-order valence-electron chi connectivity index (χ0n) is 15.8. The summed E-state index contributed by atoms with van der Waals surface area (Å²) in [6, 6.07) is 9.28. The third-order valence-electron chi connectivity index (χ3n) is 5.64. The quantitative estimate of drug-likeness (QED) is 0.780. The molecule has 2 heterocycles. The number of anilines is 2. The van der Waals surface area contributed by atoms with E-state index in [9.17, 15) is 9.59 Å². The Labute approximate surface area is 159 Å². The molecule has 1 fully saturated rings. The van der Waals surface area contributed by atoms with E-state index in [-0.39, 0.29) is 24.2 Å². The standard InChI is InChI=1S/C21H24N4O2/c1-14-21(27)24(2)17-13-22-19(12-18(26)15-8-4-3-5-9-15)23-20(17)25(14)16-10-6-7-11-16/h3-5,8-9,13-14,16H,6-7,10-12H2,1-2H3/t14-/m1/s1. The maximum atomic E-state index is 12.7. The number of amides is 1. The number of hydrogen-bond donors (Lipinski definition) is 0. The van der Waals surface area contributed by atoms with Crippen molar-refractivity contribution >= 4 is 23.2 Å². The van der Waals surface area contributed by atoms with Crippen LogP contribution < -0.4 is 9.80 Å². The van der Waals surface area contributed by atoms with Crippen molar-refractivity contribution in [2.45, 2.75) is 51.1 Å². The summed E-state index contributed by atoms with van der Waals surface area (Å²) in [6.07, 6.45) is 6.34. The van der Waals surface area contributed by atoms with Crippen molar-refractivity contribution in [1.82, 2.24) is 9.97 Å². The van der Waals surface area contributed by atoms with E-state index in [4.69, 9.17) is 4.98 Å². The average molecular weight is 364 g/mol. The van der Waals surface area contributed by atoms with Crippen LogP contribution in [0, 0.1) is 0 Å². The lowest BCUT2D eigenvalue weighted by Gasteiger charge is -2.42. The summed E-state index contributed by atoms with van der Waals surface area (Å²) in [7, 11) is 1.77. The van der Waals surface area contributed by atoms with Gasteiger partial charge in [0, 0.05) is 18.7 Å². The number of likely N-dealkylation sites (N-methyl/N-ethyl adjacent to an activating group) is 1. The van der Waals surface area contributed by atoms with Crippen molar-refractivity contribution in [3.8, 4) is 0 Å². The molecule has 0 N–H and O–H groups in total. The average Bonchev–Trinajstić information content (AvgIpc) is 3.21. The van der Waals surface area contributed by atoms with Gasteiger partial charge in [-0.3, -0.25) is 9.59 Å². The Balaban J connectivity index is 1.68. The molecule has 2 aromatic rings. The van der Waals surface area contributed by atoms with E-state index in [1.165, 1.54) is 12.8 Å². The summed E-state index contributed by atoms with van der Waals surface area (Å²) < 4.78 is 0. The predicted molar refractivity (Wildman–Crippen MR) is 104 cm³/mol. The zero-order chi connectivity index (χ0) is 19.0. The van der Waals surface area contributed by atoms with E-state index in [0.717, 1.165) is 24.3 Å². The maximum absolute atomic E-state index is 12.7. The molecule has 6 nitrogen and oxygen atoms in total. The number of benzene rings is 1. The van der Waals surface area contributed by atoms with Gasteiger partial charge in [0.2, 0.25) is 5.91 Å². The largest absolute Gasteiger partial charge is 0.340 e. The van der Waals surface area contributed by atoms with Gasteiger partial charge in [0.1, 0.15) is 17.6 Å². The van der Waals surface area contributed by atoms with Gasteiger partial charge in [-0.2, -0.15) is 0 Å². The molecule has 1 atom stereocenters. The van der Waals surface area contributed by atoms with Crippen LogP contribution in [0.5, 0.6) is 0 Å². The first kappa shape index (κ1) is 17.6. The second-order valence-corrected chi connectivity index (χ2v) is 7.38. The summed E-state index contributed by atoms with van der Waals surface area (Å²) in [5, 5.41) is 0. The number of nitrogens with zero attached hydrogens (tertiary/aromatic N) is 4. The molecule has 4 rings (SSSR count). The molecule has 0 spiro atoms. The first-order chi connectivity index (χ1) is 13.1. The van der Waals surface area contributed by atoms with Gasteiger partial charge in [-0.05, 0) is 19.8 Å². The summed E-state index contributed by atoms with van der Waals surface area (Å²) in [5.41, 5.74) is 1.38. The molecular weight excluding hydrogens is 340 g/mol. The second-order valence-electron chi connectivity index (χ2n) is 7.38. The van der Waals surface area contributed by atoms with Crippen molar-refractivity contribution in [2.24, 2.45) is 0 Å². The van der Waals surface area contributed by atoms with Crippen LogP contribution in [0.15, 0.2) is 36.5 Å². The van der Waals surface area contributed by atoms with Crippen LogP contribution >= 0.6 is 0 Å². The highest BCUT2D eigenvalue weighted by atomic mass is 16.2. The van der Waals surface area contributed by atoms with Crippen molar-refractivity contribution in [3.63, 3.8) is 0 Å².